The number of allylic oxidation sites excluding steroid dienone is 4. The van der Waals surface area contributed by atoms with Gasteiger partial charge in [0.05, 0.1) is 38.4 Å². The smallest absolute Gasteiger partial charge is 0.250 e. The molecule has 0 saturated carbocycles. The van der Waals surface area contributed by atoms with Crippen molar-refractivity contribution in [2.24, 2.45) is 0 Å². The fourth-order valence-electron chi connectivity index (χ4n) is 2.36. The molecule has 1 aromatic rings. The van der Waals surface area contributed by atoms with Crippen molar-refractivity contribution in [3.05, 3.63) is 80.3 Å². The molecule has 0 saturated heterocycles. The lowest BCUT2D eigenvalue weighted by molar-refractivity contribution is 1.42. The normalized spacial score (nSPS) is 15.6. The SMILES string of the molecule is [C-]#[N+]/C(C#N)=C1/C/C(=C(\C#N)[N+]#[C-])c2cc([N+]#[C-])c([N+]#[C-])cc21. The van der Waals surface area contributed by atoms with Crippen LogP contribution in [0.3, 0.4) is 0 Å². The second-order valence-electron chi connectivity index (χ2n) is 4.39. The minimum atomic E-state index is -0.144. The van der Waals surface area contributed by atoms with Crippen molar-refractivity contribution in [2.45, 2.75) is 6.42 Å². The molecule has 0 atom stereocenters. The van der Waals surface area contributed by atoms with E-state index in [1.54, 1.807) is 12.1 Å². The van der Waals surface area contributed by atoms with Gasteiger partial charge >= 0.3 is 0 Å². The Morgan fingerprint density at radius 3 is 1.48 bits per heavy atom. The summed E-state index contributed by atoms with van der Waals surface area (Å²) in [7, 11) is 0. The molecule has 0 spiro atoms. The van der Waals surface area contributed by atoms with Crippen LogP contribution in [0.5, 0.6) is 0 Å². The molecule has 0 unspecified atom stereocenters. The third kappa shape index (κ3) is 2.27. The predicted molar refractivity (Wildman–Crippen MR) is 81.9 cm³/mol. The lowest BCUT2D eigenvalue weighted by Crippen LogP contribution is -1.84. The van der Waals surface area contributed by atoms with Crippen LogP contribution in [0.4, 0.5) is 11.4 Å². The molecule has 2 rings (SSSR count). The molecule has 102 valence electrons. The molecule has 0 amide bonds. The summed E-state index contributed by atoms with van der Waals surface area (Å²) in [5.41, 5.74) is 1.62. The van der Waals surface area contributed by atoms with Crippen LogP contribution in [0.1, 0.15) is 17.5 Å². The molecule has 1 aliphatic rings. The molecule has 23 heavy (non-hydrogen) atoms. The fourth-order valence-corrected chi connectivity index (χ4v) is 2.36. The van der Waals surface area contributed by atoms with Gasteiger partial charge < -0.3 is 0 Å². The van der Waals surface area contributed by atoms with Gasteiger partial charge in [0.15, 0.2) is 11.4 Å². The van der Waals surface area contributed by atoms with Gasteiger partial charge in [0.2, 0.25) is 0 Å². The van der Waals surface area contributed by atoms with Gasteiger partial charge in [0.25, 0.3) is 11.4 Å². The van der Waals surface area contributed by atoms with Crippen molar-refractivity contribution in [3.8, 4) is 12.1 Å². The number of nitrogens with zero attached hydrogens (tertiary/aromatic N) is 6. The van der Waals surface area contributed by atoms with Crippen LogP contribution < -0.4 is 0 Å². The third-order valence-electron chi connectivity index (χ3n) is 3.37. The highest BCUT2D eigenvalue weighted by molar-refractivity contribution is 6.00. The summed E-state index contributed by atoms with van der Waals surface area (Å²) < 4.78 is 0. The molecule has 0 bridgehead atoms. The van der Waals surface area contributed by atoms with Crippen LogP contribution in [0, 0.1) is 49.0 Å². The van der Waals surface area contributed by atoms with Gasteiger partial charge in [-0.3, -0.25) is 9.69 Å². The Hall–Kier alpha value is -4.36. The largest absolute Gasteiger partial charge is 0.265 e. The van der Waals surface area contributed by atoms with Gasteiger partial charge in [0, 0.05) is 0 Å². The second kappa shape index (κ2) is 5.95. The van der Waals surface area contributed by atoms with Crippen molar-refractivity contribution in [2.75, 3.05) is 0 Å². The summed E-state index contributed by atoms with van der Waals surface area (Å²) >= 11 is 0. The Bertz CT molecular complexity index is 926. The topological polar surface area (TPSA) is 65.0 Å². The molecule has 0 aliphatic heterocycles. The van der Waals surface area contributed by atoms with E-state index in [9.17, 15) is 0 Å². The molecule has 6 heteroatoms. The van der Waals surface area contributed by atoms with E-state index in [4.69, 9.17) is 36.8 Å². The molecule has 0 radical (unpaired) electrons. The highest BCUT2D eigenvalue weighted by Gasteiger charge is 2.28. The number of rotatable bonds is 0. The number of fused-ring (bicyclic) bond motifs is 1. The summed E-state index contributed by atoms with van der Waals surface area (Å²) in [6, 6.07) is 6.49. The zero-order valence-electron chi connectivity index (χ0n) is 11.5. The third-order valence-corrected chi connectivity index (χ3v) is 3.37. The fraction of sp³-hybridized carbons (Fsp3) is 0.0588. The van der Waals surface area contributed by atoms with Crippen molar-refractivity contribution < 1.29 is 0 Å². The standard InChI is InChI=1S/C17H4N6/c1-20-14-6-10-11(7-15(14)21-2)13(17(9-19)23-4)5-12(10)16(8-18)22-3/h6-7H,5H2/b16-12-,17-13-. The van der Waals surface area contributed by atoms with Crippen molar-refractivity contribution in [3.63, 3.8) is 0 Å². The molecule has 0 heterocycles. The van der Waals surface area contributed by atoms with E-state index in [2.05, 4.69) is 19.4 Å². The average Bonchev–Trinajstić information content (AvgIpc) is 2.94. The summed E-state index contributed by atoms with van der Waals surface area (Å²) in [4.78, 5) is 12.9. The van der Waals surface area contributed by atoms with E-state index in [0.717, 1.165) is 0 Å². The molecule has 6 nitrogen and oxygen atoms in total. The van der Waals surface area contributed by atoms with Gasteiger partial charge in [-0.1, -0.05) is 12.1 Å². The first-order valence-electron chi connectivity index (χ1n) is 6.10. The van der Waals surface area contributed by atoms with E-state index in [-0.39, 0.29) is 29.2 Å². The van der Waals surface area contributed by atoms with Gasteiger partial charge in [-0.25, -0.2) is 20.2 Å². The monoisotopic (exact) mass is 292 g/mol. The van der Waals surface area contributed by atoms with E-state index in [1.165, 1.54) is 12.1 Å². The summed E-state index contributed by atoms with van der Waals surface area (Å²) in [6.45, 7) is 28.5. The van der Waals surface area contributed by atoms with Crippen LogP contribution >= 0.6 is 0 Å². The van der Waals surface area contributed by atoms with Gasteiger partial charge in [-0.2, -0.15) is 0 Å². The highest BCUT2D eigenvalue weighted by atomic mass is 14.8. The number of hydrogen-bond donors (Lipinski definition) is 0. The minimum absolute atomic E-state index is 0.0881. The zero-order valence-corrected chi connectivity index (χ0v) is 11.5. The summed E-state index contributed by atoms with van der Waals surface area (Å²) in [6.07, 6.45) is 0.0881. The maximum Gasteiger partial charge on any atom is 0.265 e. The number of nitriles is 2. The Kier molecular flexibility index (Phi) is 3.89. The molecular weight excluding hydrogens is 288 g/mol. The van der Waals surface area contributed by atoms with E-state index >= 15 is 0 Å². The van der Waals surface area contributed by atoms with Crippen LogP contribution in [0.15, 0.2) is 23.5 Å². The molecule has 1 aliphatic carbocycles. The highest BCUT2D eigenvalue weighted by Crippen LogP contribution is 2.48. The van der Waals surface area contributed by atoms with Gasteiger partial charge in [-0.05, 0) is 28.7 Å². The summed E-state index contributed by atoms with van der Waals surface area (Å²) in [5.74, 6) is 0. The minimum Gasteiger partial charge on any atom is -0.250 e. The number of hydrogen-bond acceptors (Lipinski definition) is 2. The van der Waals surface area contributed by atoms with E-state index in [1.807, 2.05) is 0 Å². The van der Waals surface area contributed by atoms with Crippen LogP contribution in [0.2, 0.25) is 0 Å². The predicted octanol–water partition coefficient (Wildman–Crippen LogP) is 4.50. The molecule has 1 aromatic carbocycles. The zero-order chi connectivity index (χ0) is 17.0. The van der Waals surface area contributed by atoms with E-state index < -0.39 is 0 Å². The van der Waals surface area contributed by atoms with Crippen LogP contribution in [0.25, 0.3) is 30.5 Å². The molecule has 0 aromatic heterocycles. The summed E-state index contributed by atoms with van der Waals surface area (Å²) in [5, 5.41) is 18.2. The lowest BCUT2D eigenvalue weighted by atomic mass is 10.0. The second-order valence-corrected chi connectivity index (χ2v) is 4.39. The van der Waals surface area contributed by atoms with Crippen molar-refractivity contribution in [1.29, 1.82) is 10.5 Å². The molecular formula is C17H4N6. The van der Waals surface area contributed by atoms with Crippen molar-refractivity contribution >= 4 is 22.5 Å². The van der Waals surface area contributed by atoms with E-state index in [0.29, 0.717) is 22.3 Å². The maximum atomic E-state index is 9.11. The Morgan fingerprint density at radius 2 is 1.22 bits per heavy atom. The average molecular weight is 292 g/mol. The first kappa shape index (κ1) is 15.0. The maximum absolute atomic E-state index is 9.11. The lowest BCUT2D eigenvalue weighted by Gasteiger charge is -2.05. The quantitative estimate of drug-likeness (QED) is 0.522. The van der Waals surface area contributed by atoms with Crippen LogP contribution in [-0.2, 0) is 0 Å². The van der Waals surface area contributed by atoms with Crippen LogP contribution in [-0.4, -0.2) is 0 Å². The molecule has 0 N–H and O–H groups in total. The first-order valence-corrected chi connectivity index (χ1v) is 6.10. The van der Waals surface area contributed by atoms with Gasteiger partial charge in [-0.15, -0.1) is 0 Å². The van der Waals surface area contributed by atoms with Gasteiger partial charge in [0.1, 0.15) is 0 Å². The Morgan fingerprint density at radius 1 is 0.826 bits per heavy atom. The molecule has 0 fully saturated rings. The Labute approximate surface area is 132 Å². The van der Waals surface area contributed by atoms with Crippen molar-refractivity contribution in [1.82, 2.24) is 0 Å². The first-order chi connectivity index (χ1) is 11.1. The Balaban J connectivity index is 2.99. The number of benzene rings is 1.